The van der Waals surface area contributed by atoms with E-state index in [2.05, 4.69) is 5.92 Å². The zero-order valence-corrected chi connectivity index (χ0v) is 11.5. The van der Waals surface area contributed by atoms with Crippen LogP contribution in [0.2, 0.25) is 0 Å². The summed E-state index contributed by atoms with van der Waals surface area (Å²) in [6.45, 7) is 5.58. The maximum absolute atomic E-state index is 11.6. The van der Waals surface area contributed by atoms with Crippen LogP contribution in [0, 0.1) is 12.3 Å². The highest BCUT2D eigenvalue weighted by Crippen LogP contribution is 2.31. The van der Waals surface area contributed by atoms with Gasteiger partial charge in [0.1, 0.15) is 8.28 Å². The fraction of sp³-hybridized carbons (Fsp3) is 0.600. The largest absolute Gasteiger partial charge is 0.451 e. The van der Waals surface area contributed by atoms with Crippen LogP contribution in [-0.4, -0.2) is 26.6 Å². The molecule has 84 valence electrons. The van der Waals surface area contributed by atoms with Gasteiger partial charge in [0.2, 0.25) is 0 Å². The lowest BCUT2D eigenvalue weighted by Gasteiger charge is -2.21. The van der Waals surface area contributed by atoms with Crippen LogP contribution in [0.1, 0.15) is 20.8 Å². The van der Waals surface area contributed by atoms with Gasteiger partial charge >= 0.3 is 5.97 Å². The summed E-state index contributed by atoms with van der Waals surface area (Å²) in [4.78, 5) is 11.6. The van der Waals surface area contributed by atoms with Crippen LogP contribution < -0.4 is 0 Å². The van der Waals surface area contributed by atoms with Crippen LogP contribution in [0.5, 0.6) is 0 Å². The molecule has 0 unspecified atom stereocenters. The Bertz CT molecular complexity index is 279. The average molecular weight is 262 g/mol. The van der Waals surface area contributed by atoms with Crippen LogP contribution in [-0.2, 0) is 9.53 Å². The highest BCUT2D eigenvalue weighted by atomic mass is 32.2. The first-order chi connectivity index (χ1) is 6.94. The molecule has 0 aliphatic carbocycles. The maximum atomic E-state index is 11.6. The van der Waals surface area contributed by atoms with Gasteiger partial charge in [-0.2, -0.15) is 0 Å². The molecule has 0 N–H and O–H groups in total. The van der Waals surface area contributed by atoms with E-state index in [1.807, 2.05) is 6.92 Å². The van der Waals surface area contributed by atoms with Crippen molar-refractivity contribution >= 4 is 45.2 Å². The number of terminal acetylenes is 1. The Hall–Kier alpha value is -0.180. The van der Waals surface area contributed by atoms with Gasteiger partial charge in [0.15, 0.2) is 6.61 Å². The Balaban J connectivity index is 4.22. The minimum atomic E-state index is -0.671. The number of hydrogen-bond donors (Lipinski definition) is 0. The molecule has 15 heavy (non-hydrogen) atoms. The second-order valence-corrected chi connectivity index (χ2v) is 7.17. The molecule has 0 aliphatic rings. The van der Waals surface area contributed by atoms with Gasteiger partial charge in [-0.05, 0) is 19.6 Å². The van der Waals surface area contributed by atoms with E-state index >= 15 is 0 Å². The Morgan fingerprint density at radius 2 is 2.20 bits per heavy atom. The zero-order chi connectivity index (χ0) is 11.9. The third-order valence-corrected chi connectivity index (χ3v) is 3.95. The highest BCUT2D eigenvalue weighted by Gasteiger charge is 2.31. The summed E-state index contributed by atoms with van der Waals surface area (Å²) in [7, 11) is 0. The number of thioether (sulfide) groups is 2. The Labute approximate surface area is 105 Å². The smallest absolute Gasteiger partial charge is 0.323 e. The number of esters is 1. The summed E-state index contributed by atoms with van der Waals surface area (Å²) in [5, 5.41) is 0. The summed E-state index contributed by atoms with van der Waals surface area (Å²) >= 11 is 7.99. The molecule has 0 aliphatic heterocycles. The lowest BCUT2D eigenvalue weighted by atomic mass is 10.2. The van der Waals surface area contributed by atoms with Gasteiger partial charge in [-0.3, -0.25) is 4.79 Å². The first-order valence-electron chi connectivity index (χ1n) is 4.40. The van der Waals surface area contributed by atoms with Crippen LogP contribution >= 0.6 is 35.7 Å². The lowest BCUT2D eigenvalue weighted by Crippen LogP contribution is -2.31. The van der Waals surface area contributed by atoms with Gasteiger partial charge in [0.25, 0.3) is 0 Å². The molecule has 0 amide bonds. The number of carbonyl (C=O) groups excluding carboxylic acids is 1. The first kappa shape index (κ1) is 14.8. The van der Waals surface area contributed by atoms with E-state index in [-0.39, 0.29) is 12.6 Å². The second kappa shape index (κ2) is 7.15. The van der Waals surface area contributed by atoms with E-state index in [9.17, 15) is 4.79 Å². The predicted molar refractivity (Wildman–Crippen MR) is 72.2 cm³/mol. The molecule has 0 radical (unpaired) electrons. The SMILES string of the molecule is C#CCOC(=O)C(C)(C)SC(=S)SCC. The molecule has 0 atom stereocenters. The molecule has 0 aromatic carbocycles. The quantitative estimate of drug-likeness (QED) is 0.441. The summed E-state index contributed by atoms with van der Waals surface area (Å²) in [5.41, 5.74) is 0. The number of hydrogen-bond acceptors (Lipinski definition) is 5. The standard InChI is InChI=1S/C10H14O2S3/c1-5-7-12-8(11)10(3,4)15-9(13)14-6-2/h1H,6-7H2,2-4H3. The van der Waals surface area contributed by atoms with Gasteiger partial charge in [-0.15, -0.1) is 18.2 Å². The van der Waals surface area contributed by atoms with E-state index < -0.39 is 4.75 Å². The minimum absolute atomic E-state index is 0.0104. The normalized spacial score (nSPS) is 10.5. The Morgan fingerprint density at radius 3 is 2.67 bits per heavy atom. The Morgan fingerprint density at radius 1 is 1.60 bits per heavy atom. The van der Waals surface area contributed by atoms with Crippen molar-refractivity contribution in [1.29, 1.82) is 0 Å². The van der Waals surface area contributed by atoms with E-state index in [4.69, 9.17) is 23.4 Å². The molecule has 0 spiro atoms. The Kier molecular flexibility index (Phi) is 7.07. The van der Waals surface area contributed by atoms with Crippen molar-refractivity contribution in [2.24, 2.45) is 0 Å². The van der Waals surface area contributed by atoms with Crippen LogP contribution in [0.4, 0.5) is 0 Å². The summed E-state index contributed by atoms with van der Waals surface area (Å²) < 4.78 is 4.95. The van der Waals surface area contributed by atoms with E-state index in [1.54, 1.807) is 25.6 Å². The van der Waals surface area contributed by atoms with Crippen molar-refractivity contribution in [2.75, 3.05) is 12.4 Å². The van der Waals surface area contributed by atoms with E-state index in [0.717, 1.165) is 9.28 Å². The topological polar surface area (TPSA) is 26.3 Å². The van der Waals surface area contributed by atoms with Crippen molar-refractivity contribution in [1.82, 2.24) is 0 Å². The molecule has 5 heteroatoms. The fourth-order valence-corrected chi connectivity index (χ4v) is 3.67. The van der Waals surface area contributed by atoms with Gasteiger partial charge in [-0.25, -0.2) is 0 Å². The van der Waals surface area contributed by atoms with Gasteiger partial charge < -0.3 is 4.74 Å². The molecule has 0 heterocycles. The monoisotopic (exact) mass is 262 g/mol. The third-order valence-electron chi connectivity index (χ3n) is 1.38. The van der Waals surface area contributed by atoms with Crippen molar-refractivity contribution in [3.8, 4) is 12.3 Å². The molecule has 0 bridgehead atoms. The number of rotatable bonds is 4. The van der Waals surface area contributed by atoms with Crippen molar-refractivity contribution < 1.29 is 9.53 Å². The molecule has 0 aromatic rings. The van der Waals surface area contributed by atoms with Crippen molar-refractivity contribution in [2.45, 2.75) is 25.5 Å². The van der Waals surface area contributed by atoms with Gasteiger partial charge in [0.05, 0.1) is 0 Å². The minimum Gasteiger partial charge on any atom is -0.451 e. The van der Waals surface area contributed by atoms with Crippen LogP contribution in [0.25, 0.3) is 0 Å². The predicted octanol–water partition coefficient (Wildman–Crippen LogP) is 2.71. The van der Waals surface area contributed by atoms with E-state index in [1.165, 1.54) is 11.8 Å². The lowest BCUT2D eigenvalue weighted by molar-refractivity contribution is -0.144. The summed E-state index contributed by atoms with van der Waals surface area (Å²) in [6, 6.07) is 0. The summed E-state index contributed by atoms with van der Waals surface area (Å²) in [5.74, 6) is 2.83. The van der Waals surface area contributed by atoms with Crippen molar-refractivity contribution in [3.63, 3.8) is 0 Å². The first-order valence-corrected chi connectivity index (χ1v) is 6.61. The second-order valence-electron chi connectivity index (χ2n) is 3.08. The van der Waals surface area contributed by atoms with Gasteiger partial charge in [-0.1, -0.05) is 36.8 Å². The summed E-state index contributed by atoms with van der Waals surface area (Å²) in [6.07, 6.45) is 5.01. The van der Waals surface area contributed by atoms with Gasteiger partial charge in [0, 0.05) is 0 Å². The van der Waals surface area contributed by atoms with Crippen LogP contribution in [0.3, 0.4) is 0 Å². The molecule has 0 rings (SSSR count). The number of ether oxygens (including phenoxy) is 1. The average Bonchev–Trinajstić information content (AvgIpc) is 2.13. The molecular formula is C10H14O2S3. The molecule has 2 nitrogen and oxygen atoms in total. The maximum Gasteiger partial charge on any atom is 0.323 e. The molecule has 0 aromatic heterocycles. The third kappa shape index (κ3) is 6.08. The van der Waals surface area contributed by atoms with Crippen molar-refractivity contribution in [3.05, 3.63) is 0 Å². The molecule has 0 saturated heterocycles. The molecule has 0 fully saturated rings. The molecular weight excluding hydrogens is 248 g/mol. The molecule has 0 saturated carbocycles. The number of thiocarbonyl (C=S) groups is 1. The van der Waals surface area contributed by atoms with E-state index in [0.29, 0.717) is 0 Å². The fourth-order valence-electron chi connectivity index (χ4n) is 0.678. The van der Waals surface area contributed by atoms with Crippen LogP contribution in [0.15, 0.2) is 0 Å². The number of carbonyl (C=O) groups is 1. The zero-order valence-electron chi connectivity index (χ0n) is 9.03. The highest BCUT2D eigenvalue weighted by molar-refractivity contribution is 8.47.